The van der Waals surface area contributed by atoms with Gasteiger partial charge in [-0.3, -0.25) is 0 Å². The Bertz CT molecular complexity index is 348. The van der Waals surface area contributed by atoms with Gasteiger partial charge in [-0.1, -0.05) is 30.3 Å². The topological polar surface area (TPSA) is 20.2 Å². The first kappa shape index (κ1) is 15.0. The van der Waals surface area contributed by atoms with Gasteiger partial charge in [0.05, 0.1) is 7.05 Å². The van der Waals surface area contributed by atoms with E-state index in [-0.39, 0.29) is 24.5 Å². The molecule has 16 heavy (non-hydrogen) atoms. The van der Waals surface area contributed by atoms with Crippen molar-refractivity contribution in [2.24, 2.45) is 0 Å². The molecule has 1 rings (SSSR count). The minimum atomic E-state index is -0.120. The third kappa shape index (κ3) is 4.24. The van der Waals surface area contributed by atoms with Crippen molar-refractivity contribution in [1.29, 1.82) is 0 Å². The van der Waals surface area contributed by atoms with Gasteiger partial charge in [0.25, 0.3) is 0 Å². The second-order valence-corrected chi connectivity index (χ2v) is 4.11. The second kappa shape index (κ2) is 6.55. The first-order chi connectivity index (χ1) is 7.06. The summed E-state index contributed by atoms with van der Waals surface area (Å²) in [6, 6.07) is 10.2. The number of nitrogens with zero attached hydrogens (tertiary/aromatic N) is 1. The maximum absolute atomic E-state index is 10.0. The molecule has 2 nitrogen and oxygen atoms in total. The summed E-state index contributed by atoms with van der Waals surface area (Å²) in [5, 5.41) is 10.0. The van der Waals surface area contributed by atoms with Gasteiger partial charge in [-0.25, -0.2) is 5.21 Å². The highest BCUT2D eigenvalue weighted by Gasteiger charge is 2.26. The lowest BCUT2D eigenvalue weighted by Gasteiger charge is -2.30. The van der Waals surface area contributed by atoms with Crippen LogP contribution < -0.4 is 12.4 Å². The van der Waals surface area contributed by atoms with Crippen molar-refractivity contribution >= 4 is 0 Å². The fourth-order valence-electron chi connectivity index (χ4n) is 1.49. The van der Waals surface area contributed by atoms with E-state index in [2.05, 4.69) is 18.1 Å². The number of likely N-dealkylation sites (N-methyl/N-ethyl adjacent to an activating group) is 1. The zero-order chi connectivity index (χ0) is 11.3. The van der Waals surface area contributed by atoms with E-state index >= 15 is 0 Å². The summed E-state index contributed by atoms with van der Waals surface area (Å²) in [5.41, 5.74) is 1.22. The normalized spacial score (nSPS) is 15.4. The first-order valence-corrected chi connectivity index (χ1v) is 5.11. The Balaban J connectivity index is 0. The molecule has 0 saturated carbocycles. The van der Waals surface area contributed by atoms with Crippen molar-refractivity contribution in [3.05, 3.63) is 35.9 Å². The van der Waals surface area contributed by atoms with Crippen LogP contribution in [0.5, 0.6) is 0 Å². The van der Waals surface area contributed by atoms with E-state index in [1.807, 2.05) is 25.1 Å². The van der Waals surface area contributed by atoms with Crippen molar-refractivity contribution < 1.29 is 23.7 Å². The number of halogens is 1. The van der Waals surface area contributed by atoms with Crippen LogP contribution in [0, 0.1) is 12.3 Å². The maximum atomic E-state index is 10.0. The molecular formula is C13H19ClNO+. The molecule has 0 saturated heterocycles. The Morgan fingerprint density at radius 3 is 2.50 bits per heavy atom. The molecular weight excluding hydrogens is 222 g/mol. The molecule has 0 spiro atoms. The Labute approximate surface area is 105 Å². The Hall–Kier alpha value is -1.01. The average molecular weight is 241 g/mol. The van der Waals surface area contributed by atoms with Gasteiger partial charge in [0.2, 0.25) is 0 Å². The smallest absolute Gasteiger partial charge is 1.00 e. The molecule has 1 unspecified atom stereocenters. The van der Waals surface area contributed by atoms with Crippen molar-refractivity contribution in [3.63, 3.8) is 0 Å². The van der Waals surface area contributed by atoms with Gasteiger partial charge in [0.15, 0.2) is 6.54 Å². The predicted octanol–water partition coefficient (Wildman–Crippen LogP) is -0.797. The van der Waals surface area contributed by atoms with Crippen LogP contribution >= 0.6 is 0 Å². The molecule has 88 valence electrons. The lowest BCUT2D eigenvalue weighted by atomic mass is 10.1. The van der Waals surface area contributed by atoms with Gasteiger partial charge in [-0.2, -0.15) is 4.65 Å². The highest BCUT2D eigenvalue weighted by Crippen LogP contribution is 2.12. The summed E-state index contributed by atoms with van der Waals surface area (Å²) < 4.78 is -0.120. The van der Waals surface area contributed by atoms with Gasteiger partial charge < -0.3 is 12.4 Å². The average Bonchev–Trinajstić information content (AvgIpc) is 2.19. The van der Waals surface area contributed by atoms with Crippen molar-refractivity contribution in [3.8, 4) is 12.3 Å². The molecule has 0 fully saturated rings. The van der Waals surface area contributed by atoms with Crippen LogP contribution in [-0.2, 0) is 6.42 Å². The second-order valence-electron chi connectivity index (χ2n) is 4.11. The van der Waals surface area contributed by atoms with E-state index in [0.717, 1.165) is 6.42 Å². The van der Waals surface area contributed by atoms with Crippen molar-refractivity contribution in [1.82, 2.24) is 0 Å². The molecule has 2 atom stereocenters. The molecule has 0 aliphatic rings. The third-order valence-electron chi connectivity index (χ3n) is 2.73. The molecule has 1 aromatic carbocycles. The number of hydroxylamine groups is 3. The fourth-order valence-corrected chi connectivity index (χ4v) is 1.49. The number of quaternary nitrogens is 1. The molecule has 0 aliphatic carbocycles. The molecule has 1 N–H and O–H groups in total. The summed E-state index contributed by atoms with van der Waals surface area (Å²) in [4.78, 5) is 0. The van der Waals surface area contributed by atoms with E-state index in [1.54, 1.807) is 7.05 Å². The Morgan fingerprint density at radius 2 is 2.00 bits per heavy atom. The lowest BCUT2D eigenvalue weighted by Crippen LogP contribution is -3.00. The SMILES string of the molecule is C#CC[N+](C)(O)[C@H](C)Cc1ccccc1.[Cl-].[H+]. The lowest BCUT2D eigenvalue weighted by molar-refractivity contribution is -1.10. The molecule has 3 heteroatoms. The van der Waals surface area contributed by atoms with E-state index in [1.165, 1.54) is 5.56 Å². The Morgan fingerprint density at radius 1 is 1.44 bits per heavy atom. The molecule has 1 aromatic rings. The van der Waals surface area contributed by atoms with E-state index in [9.17, 15) is 5.21 Å². The zero-order valence-electron chi connectivity index (χ0n) is 10.7. The van der Waals surface area contributed by atoms with Crippen molar-refractivity contribution in [2.45, 2.75) is 19.4 Å². The summed E-state index contributed by atoms with van der Waals surface area (Å²) >= 11 is 0. The summed E-state index contributed by atoms with van der Waals surface area (Å²) in [6.07, 6.45) is 6.05. The van der Waals surface area contributed by atoms with Gasteiger partial charge in [-0.05, 0) is 18.4 Å². The molecule has 0 aromatic heterocycles. The highest BCUT2D eigenvalue weighted by molar-refractivity contribution is 5.15. The third-order valence-corrected chi connectivity index (χ3v) is 2.73. The number of benzene rings is 1. The van der Waals surface area contributed by atoms with E-state index in [0.29, 0.717) is 6.54 Å². The fraction of sp³-hybridized carbons (Fsp3) is 0.385. The van der Waals surface area contributed by atoms with E-state index in [4.69, 9.17) is 6.42 Å². The maximum Gasteiger partial charge on any atom is 1.00 e. The summed E-state index contributed by atoms with van der Waals surface area (Å²) in [6.45, 7) is 2.35. The van der Waals surface area contributed by atoms with Crippen LogP contribution in [0.15, 0.2) is 30.3 Å². The van der Waals surface area contributed by atoms with Crippen LogP contribution in [-0.4, -0.2) is 29.5 Å². The highest BCUT2D eigenvalue weighted by atomic mass is 35.5. The van der Waals surface area contributed by atoms with Crippen LogP contribution in [0.25, 0.3) is 0 Å². The Kier molecular flexibility index (Phi) is 6.13. The molecule has 0 aliphatic heterocycles. The van der Waals surface area contributed by atoms with Crippen LogP contribution in [0.1, 0.15) is 13.9 Å². The minimum Gasteiger partial charge on any atom is -1.00 e. The number of terminal acetylenes is 1. The number of hydrogen-bond donors (Lipinski definition) is 1. The molecule has 0 bridgehead atoms. The summed E-state index contributed by atoms with van der Waals surface area (Å²) in [7, 11) is 1.74. The largest absolute Gasteiger partial charge is 1.00 e. The van der Waals surface area contributed by atoms with Crippen LogP contribution in [0.3, 0.4) is 0 Å². The molecule has 0 heterocycles. The predicted molar refractivity (Wildman–Crippen MR) is 62.4 cm³/mol. The summed E-state index contributed by atoms with van der Waals surface area (Å²) in [5.74, 6) is 2.50. The van der Waals surface area contributed by atoms with Gasteiger partial charge in [-0.15, -0.1) is 6.42 Å². The first-order valence-electron chi connectivity index (χ1n) is 5.11. The van der Waals surface area contributed by atoms with E-state index < -0.39 is 0 Å². The van der Waals surface area contributed by atoms with Gasteiger partial charge in [0, 0.05) is 6.42 Å². The van der Waals surface area contributed by atoms with Crippen LogP contribution in [0.2, 0.25) is 0 Å². The number of hydrogen-bond acceptors (Lipinski definition) is 1. The quantitative estimate of drug-likeness (QED) is 0.415. The molecule has 0 radical (unpaired) electrons. The standard InChI is InChI=1S/C13H18NO.ClH/c1-4-10-14(3,15)12(2)11-13-8-6-5-7-9-13;/h1,5-9,12,15H,10-11H2,2-3H3;1H/q+1;/t12-,14?;/m1./s1. The van der Waals surface area contributed by atoms with Gasteiger partial charge in [0.1, 0.15) is 6.04 Å². The van der Waals surface area contributed by atoms with Crippen LogP contribution in [0.4, 0.5) is 0 Å². The van der Waals surface area contributed by atoms with Crippen molar-refractivity contribution in [2.75, 3.05) is 13.6 Å². The zero-order valence-corrected chi connectivity index (χ0v) is 10.5. The minimum absolute atomic E-state index is 0. The molecule has 0 amide bonds. The number of rotatable bonds is 4. The monoisotopic (exact) mass is 240 g/mol. The van der Waals surface area contributed by atoms with Gasteiger partial charge >= 0.3 is 1.43 Å².